The van der Waals surface area contributed by atoms with E-state index in [1.165, 1.54) is 11.8 Å². The van der Waals surface area contributed by atoms with Crippen LogP contribution in [0.4, 0.5) is 5.69 Å². The highest BCUT2D eigenvalue weighted by Gasteiger charge is 2.23. The Hall–Kier alpha value is -2.73. The molecular weight excluding hydrogens is 439 g/mol. The van der Waals surface area contributed by atoms with E-state index in [1.54, 1.807) is 12.1 Å². The molecule has 0 unspecified atom stereocenters. The topological polar surface area (TPSA) is 50.7 Å². The summed E-state index contributed by atoms with van der Waals surface area (Å²) in [7, 11) is 0. The molecule has 1 aliphatic rings. The minimum atomic E-state index is -0.160. The Morgan fingerprint density at radius 1 is 1.00 bits per heavy atom. The number of nitrogens with one attached hydrogen (secondary N) is 1. The van der Waals surface area contributed by atoms with Gasteiger partial charge in [0.1, 0.15) is 12.4 Å². The maximum Gasteiger partial charge on any atom is 0.264 e. The molecule has 1 saturated heterocycles. The van der Waals surface area contributed by atoms with Crippen molar-refractivity contribution in [2.24, 2.45) is 4.99 Å². The number of amides is 1. The van der Waals surface area contributed by atoms with Crippen LogP contribution in [-0.4, -0.2) is 11.1 Å². The molecule has 1 heterocycles. The summed E-state index contributed by atoms with van der Waals surface area (Å²) in [6.07, 6.45) is 1.83. The Morgan fingerprint density at radius 2 is 1.77 bits per heavy atom. The smallest absolute Gasteiger partial charge is 0.264 e. The number of carbonyl (C=O) groups is 1. The lowest BCUT2D eigenvalue weighted by Gasteiger charge is -2.08. The number of thioether (sulfide) groups is 1. The Bertz CT molecular complexity index is 1130. The first-order valence-electron chi connectivity index (χ1n) is 9.08. The summed E-state index contributed by atoms with van der Waals surface area (Å²) in [5.41, 5.74) is 2.55. The van der Waals surface area contributed by atoms with Gasteiger partial charge in [0.05, 0.1) is 10.6 Å². The molecule has 0 bridgehead atoms. The van der Waals surface area contributed by atoms with Gasteiger partial charge in [0, 0.05) is 15.6 Å². The van der Waals surface area contributed by atoms with E-state index in [1.807, 2.05) is 66.7 Å². The second kappa shape index (κ2) is 9.39. The van der Waals surface area contributed by atoms with Crippen molar-refractivity contribution in [3.63, 3.8) is 0 Å². The monoisotopic (exact) mass is 454 g/mol. The second-order valence-electron chi connectivity index (χ2n) is 6.41. The van der Waals surface area contributed by atoms with Crippen LogP contribution in [0.3, 0.4) is 0 Å². The fraction of sp³-hybridized carbons (Fsp3) is 0.0435. The molecule has 7 heteroatoms. The molecule has 0 atom stereocenters. The normalized spacial score (nSPS) is 16.1. The highest BCUT2D eigenvalue weighted by molar-refractivity contribution is 8.18. The highest BCUT2D eigenvalue weighted by Crippen LogP contribution is 2.28. The Balaban J connectivity index is 1.41. The van der Waals surface area contributed by atoms with Crippen LogP contribution in [0.5, 0.6) is 5.75 Å². The number of hydrogen-bond acceptors (Lipinski definition) is 4. The van der Waals surface area contributed by atoms with Gasteiger partial charge in [-0.2, -0.15) is 0 Å². The molecule has 3 aromatic carbocycles. The van der Waals surface area contributed by atoms with Crippen molar-refractivity contribution in [1.82, 2.24) is 5.32 Å². The van der Waals surface area contributed by atoms with Crippen molar-refractivity contribution >= 4 is 57.8 Å². The first-order valence-corrected chi connectivity index (χ1v) is 10.7. The molecule has 1 amide bonds. The maximum absolute atomic E-state index is 12.2. The minimum Gasteiger partial charge on any atom is -0.489 e. The zero-order valence-electron chi connectivity index (χ0n) is 15.6. The van der Waals surface area contributed by atoms with Gasteiger partial charge in [0.15, 0.2) is 5.17 Å². The maximum atomic E-state index is 12.2. The number of rotatable bonds is 5. The molecule has 3 aromatic rings. The Morgan fingerprint density at radius 3 is 2.50 bits per heavy atom. The van der Waals surface area contributed by atoms with Crippen molar-refractivity contribution in [1.29, 1.82) is 0 Å². The average molecular weight is 455 g/mol. The molecule has 1 fully saturated rings. The summed E-state index contributed by atoms with van der Waals surface area (Å²) in [5, 5.41) is 4.52. The summed E-state index contributed by atoms with van der Waals surface area (Å²) in [6, 6.07) is 22.3. The van der Waals surface area contributed by atoms with E-state index < -0.39 is 0 Å². The van der Waals surface area contributed by atoms with Gasteiger partial charge in [-0.1, -0.05) is 59.6 Å². The lowest BCUT2D eigenvalue weighted by molar-refractivity contribution is -0.115. The summed E-state index contributed by atoms with van der Waals surface area (Å²) in [5.74, 6) is 0.547. The molecule has 1 N–H and O–H groups in total. The fourth-order valence-electron chi connectivity index (χ4n) is 2.71. The number of nitrogens with zero attached hydrogens (tertiary/aromatic N) is 1. The molecule has 4 nitrogen and oxygen atoms in total. The molecule has 0 spiro atoms. The van der Waals surface area contributed by atoms with Crippen molar-refractivity contribution < 1.29 is 9.53 Å². The number of benzene rings is 3. The zero-order valence-corrected chi connectivity index (χ0v) is 18.0. The molecule has 4 rings (SSSR count). The van der Waals surface area contributed by atoms with Crippen molar-refractivity contribution in [3.05, 3.63) is 98.9 Å². The first-order chi connectivity index (χ1) is 14.6. The van der Waals surface area contributed by atoms with Crippen LogP contribution in [0.2, 0.25) is 10.0 Å². The van der Waals surface area contributed by atoms with Gasteiger partial charge < -0.3 is 10.1 Å². The van der Waals surface area contributed by atoms with E-state index in [-0.39, 0.29) is 5.91 Å². The number of ether oxygens (including phenoxy) is 1. The predicted molar refractivity (Wildman–Crippen MR) is 124 cm³/mol. The molecule has 1 aliphatic heterocycles. The predicted octanol–water partition coefficient (Wildman–Crippen LogP) is 6.46. The van der Waals surface area contributed by atoms with E-state index >= 15 is 0 Å². The highest BCUT2D eigenvalue weighted by atomic mass is 35.5. The van der Waals surface area contributed by atoms with E-state index in [2.05, 4.69) is 10.3 Å². The third kappa shape index (κ3) is 5.25. The Labute approximate surface area is 188 Å². The van der Waals surface area contributed by atoms with E-state index in [4.69, 9.17) is 27.9 Å². The van der Waals surface area contributed by atoms with E-state index in [0.717, 1.165) is 16.8 Å². The quantitative estimate of drug-likeness (QED) is 0.449. The third-order valence-electron chi connectivity index (χ3n) is 4.23. The summed E-state index contributed by atoms with van der Waals surface area (Å²) in [6.45, 7) is 0.341. The van der Waals surface area contributed by atoms with E-state index in [0.29, 0.717) is 32.5 Å². The summed E-state index contributed by atoms with van der Waals surface area (Å²) >= 11 is 13.4. The van der Waals surface area contributed by atoms with Crippen molar-refractivity contribution in [2.75, 3.05) is 0 Å². The first kappa shape index (κ1) is 20.5. The van der Waals surface area contributed by atoms with Crippen LogP contribution in [0.15, 0.2) is 82.7 Å². The van der Waals surface area contributed by atoms with Gasteiger partial charge >= 0.3 is 0 Å². The van der Waals surface area contributed by atoms with Crippen LogP contribution in [-0.2, 0) is 11.4 Å². The number of carbonyl (C=O) groups excluding carboxylic acids is 1. The lowest BCUT2D eigenvalue weighted by Crippen LogP contribution is -2.19. The molecular formula is C23H16Cl2N2O2S. The van der Waals surface area contributed by atoms with Crippen LogP contribution in [0, 0.1) is 0 Å². The second-order valence-corrected chi connectivity index (χ2v) is 8.29. The molecule has 150 valence electrons. The number of hydrogen-bond donors (Lipinski definition) is 1. The van der Waals surface area contributed by atoms with Gasteiger partial charge in [-0.15, -0.1) is 0 Å². The molecule has 0 aliphatic carbocycles. The SMILES string of the molecule is O=C1NC(=Nc2ccccc2)SC1=Cc1ccc(OCc2ccc(Cl)cc2Cl)cc1. The number of amidine groups is 1. The van der Waals surface area contributed by atoms with Crippen LogP contribution < -0.4 is 10.1 Å². The van der Waals surface area contributed by atoms with Gasteiger partial charge in [0.2, 0.25) is 0 Å². The van der Waals surface area contributed by atoms with Gasteiger partial charge in [-0.25, -0.2) is 4.99 Å². The van der Waals surface area contributed by atoms with Crippen molar-refractivity contribution in [2.45, 2.75) is 6.61 Å². The molecule has 0 radical (unpaired) electrons. The Kier molecular flexibility index (Phi) is 6.43. The number of aliphatic imine (C=N–C) groups is 1. The number of halogens is 2. The molecule has 30 heavy (non-hydrogen) atoms. The summed E-state index contributed by atoms with van der Waals surface area (Å²) < 4.78 is 5.79. The largest absolute Gasteiger partial charge is 0.489 e. The fourth-order valence-corrected chi connectivity index (χ4v) is 4.02. The lowest BCUT2D eigenvalue weighted by atomic mass is 10.2. The standard InChI is InChI=1S/C23H16Cl2N2O2S/c24-17-9-8-16(20(25)13-17)14-29-19-10-6-15(7-11-19)12-21-22(28)27-23(30-21)26-18-4-2-1-3-5-18/h1-13H,14H2,(H,26,27,28). The third-order valence-corrected chi connectivity index (χ3v) is 5.72. The molecule has 0 saturated carbocycles. The van der Waals surface area contributed by atoms with Gasteiger partial charge in [-0.05, 0) is 59.8 Å². The van der Waals surface area contributed by atoms with Crippen LogP contribution in [0.1, 0.15) is 11.1 Å². The summed E-state index contributed by atoms with van der Waals surface area (Å²) in [4.78, 5) is 17.3. The van der Waals surface area contributed by atoms with Gasteiger partial charge in [0.25, 0.3) is 5.91 Å². The molecule has 0 aromatic heterocycles. The van der Waals surface area contributed by atoms with Gasteiger partial charge in [-0.3, -0.25) is 4.79 Å². The van der Waals surface area contributed by atoms with Crippen LogP contribution in [0.25, 0.3) is 6.08 Å². The van der Waals surface area contributed by atoms with E-state index in [9.17, 15) is 4.79 Å². The zero-order chi connectivity index (χ0) is 20.9. The van der Waals surface area contributed by atoms with Crippen LogP contribution >= 0.6 is 35.0 Å². The minimum absolute atomic E-state index is 0.160. The average Bonchev–Trinajstić information content (AvgIpc) is 3.08. The van der Waals surface area contributed by atoms with Crippen molar-refractivity contribution in [3.8, 4) is 5.75 Å². The number of para-hydroxylation sites is 1.